The van der Waals surface area contributed by atoms with Crippen LogP contribution in [0.1, 0.15) is 31.7 Å². The molecule has 14 heteroatoms. The van der Waals surface area contributed by atoms with Crippen molar-refractivity contribution in [2.75, 3.05) is 19.8 Å². The molecule has 0 aliphatic carbocycles. The number of amides is 6. The Balaban J connectivity index is 1.36. The van der Waals surface area contributed by atoms with E-state index in [1.165, 1.54) is 0 Å². The lowest BCUT2D eigenvalue weighted by atomic mass is 10.1. The lowest BCUT2D eigenvalue weighted by Crippen LogP contribution is -2.47. The fourth-order valence-corrected chi connectivity index (χ4v) is 4.42. The molecule has 0 radical (unpaired) electrons. The quantitative estimate of drug-likeness (QED) is 0.346. The van der Waals surface area contributed by atoms with Gasteiger partial charge in [-0.3, -0.25) is 19.2 Å². The zero-order valence-electron chi connectivity index (χ0n) is 20.4. The van der Waals surface area contributed by atoms with Crippen LogP contribution in [0.2, 0.25) is 0 Å². The number of nitrogens with zero attached hydrogens (tertiary/aromatic N) is 3. The van der Waals surface area contributed by atoms with E-state index in [2.05, 4.69) is 0 Å². The average Bonchev–Trinajstić information content (AvgIpc) is 3.54. The molecule has 3 saturated heterocycles. The van der Waals surface area contributed by atoms with E-state index in [0.29, 0.717) is 0 Å². The highest BCUT2D eigenvalue weighted by Crippen LogP contribution is 2.24. The van der Waals surface area contributed by atoms with Gasteiger partial charge in [0.2, 0.25) is 17.7 Å². The molecule has 0 unspecified atom stereocenters. The zero-order chi connectivity index (χ0) is 27.4. The Labute approximate surface area is 216 Å². The summed E-state index contributed by atoms with van der Waals surface area (Å²) in [6.07, 6.45) is -4.06. The zero-order valence-corrected chi connectivity index (χ0v) is 20.4. The Morgan fingerprint density at radius 3 is 1.68 bits per heavy atom. The molecule has 14 nitrogen and oxygen atoms in total. The van der Waals surface area contributed by atoms with Crippen molar-refractivity contribution in [3.63, 3.8) is 0 Å². The van der Waals surface area contributed by atoms with E-state index in [1.54, 1.807) is 24.3 Å². The van der Waals surface area contributed by atoms with Crippen LogP contribution < -0.4 is 0 Å². The normalized spacial score (nSPS) is 22.7. The highest BCUT2D eigenvalue weighted by molar-refractivity contribution is 5.98. The smallest absolute Gasteiger partial charge is 0.416 e. The summed E-state index contributed by atoms with van der Waals surface area (Å²) in [5, 5.41) is 0. The molecule has 6 amide bonds. The van der Waals surface area contributed by atoms with Crippen molar-refractivity contribution in [2.24, 2.45) is 0 Å². The van der Waals surface area contributed by atoms with Crippen molar-refractivity contribution >= 4 is 42.0 Å². The van der Waals surface area contributed by atoms with E-state index in [1.807, 2.05) is 6.07 Å². The number of hydrogen-bond donors (Lipinski definition) is 0. The number of benzene rings is 1. The van der Waals surface area contributed by atoms with Gasteiger partial charge in [0.25, 0.3) is 0 Å². The Hall–Kier alpha value is -4.49. The average molecular weight is 531 g/mol. The molecule has 3 atom stereocenters. The van der Waals surface area contributed by atoms with Crippen LogP contribution in [0.5, 0.6) is 0 Å². The van der Waals surface area contributed by atoms with Gasteiger partial charge in [0.15, 0.2) is 0 Å². The van der Waals surface area contributed by atoms with Crippen molar-refractivity contribution in [1.82, 2.24) is 14.7 Å². The Kier molecular flexibility index (Phi) is 7.88. The minimum Gasteiger partial charge on any atom is -0.461 e. The summed E-state index contributed by atoms with van der Waals surface area (Å²) < 4.78 is 19.9. The van der Waals surface area contributed by atoms with Crippen LogP contribution in [0.15, 0.2) is 30.3 Å². The van der Waals surface area contributed by atoms with Crippen LogP contribution in [0.25, 0.3) is 0 Å². The van der Waals surface area contributed by atoms with Crippen LogP contribution in [-0.4, -0.2) is 94.6 Å². The van der Waals surface area contributed by atoms with Crippen molar-refractivity contribution in [3.05, 3.63) is 35.9 Å². The van der Waals surface area contributed by atoms with E-state index in [4.69, 9.17) is 18.9 Å². The number of imide groups is 3. The molecule has 1 aromatic rings. The minimum absolute atomic E-state index is 0.0203. The third kappa shape index (κ3) is 5.74. The molecule has 0 N–H and O–H groups in total. The molecule has 38 heavy (non-hydrogen) atoms. The minimum atomic E-state index is -1.05. The van der Waals surface area contributed by atoms with Gasteiger partial charge in [-0.05, 0) is 5.56 Å². The van der Waals surface area contributed by atoms with Crippen LogP contribution in [0.4, 0.5) is 14.4 Å². The van der Waals surface area contributed by atoms with Gasteiger partial charge in [-0.1, -0.05) is 30.3 Å². The highest BCUT2D eigenvalue weighted by atomic mass is 16.6. The molecule has 3 aliphatic heterocycles. The van der Waals surface area contributed by atoms with Crippen molar-refractivity contribution in [1.29, 1.82) is 0 Å². The van der Waals surface area contributed by atoms with Crippen LogP contribution in [0, 0.1) is 0 Å². The summed E-state index contributed by atoms with van der Waals surface area (Å²) >= 11 is 0. The van der Waals surface area contributed by atoms with Gasteiger partial charge in [-0.25, -0.2) is 29.1 Å². The first-order valence-corrected chi connectivity index (χ1v) is 11.8. The number of rotatable bonds is 8. The SMILES string of the molecule is CC(=O)N1C(=O)OC[C@@H]1CC(=O)N1C(=O)OC[C@@H]1CC(=O)N1C(=O)OC[C@@H]1CC(=O)OCc1ccccc1. The second kappa shape index (κ2) is 11.3. The maximum Gasteiger partial charge on any atom is 0.416 e. The number of carbonyl (C=O) groups is 7. The molecule has 3 fully saturated rings. The summed E-state index contributed by atoms with van der Waals surface area (Å²) in [4.78, 5) is 88.6. The molecule has 4 rings (SSSR count). The fourth-order valence-electron chi connectivity index (χ4n) is 4.42. The Morgan fingerprint density at radius 2 is 1.18 bits per heavy atom. The summed E-state index contributed by atoms with van der Waals surface area (Å²) in [7, 11) is 0. The second-order valence-corrected chi connectivity index (χ2v) is 8.87. The standard InChI is InChI=1S/C24H25N3O11/c1-14(28)25-16(11-36-22(25)32)7-19(29)26-17(12-37-23(26)33)8-20(30)27-18(13-38-24(27)34)9-21(31)35-10-15-5-3-2-4-6-15/h2-6,16-18H,7-13H2,1H3/t16-,17-,18-/m0/s1. The molecule has 202 valence electrons. The number of carbonyl (C=O) groups excluding carboxylic acids is 7. The molecule has 1 aromatic carbocycles. The summed E-state index contributed by atoms with van der Waals surface area (Å²) in [6.45, 7) is 0.410. The first kappa shape index (κ1) is 26.6. The van der Waals surface area contributed by atoms with Gasteiger partial charge in [-0.15, -0.1) is 0 Å². The maximum absolute atomic E-state index is 13.0. The second-order valence-electron chi connectivity index (χ2n) is 8.87. The number of cyclic esters (lactones) is 3. The highest BCUT2D eigenvalue weighted by Gasteiger charge is 2.46. The van der Waals surface area contributed by atoms with E-state index >= 15 is 0 Å². The first-order chi connectivity index (χ1) is 18.2. The third-order valence-electron chi connectivity index (χ3n) is 6.23. The Morgan fingerprint density at radius 1 is 0.737 bits per heavy atom. The summed E-state index contributed by atoms with van der Waals surface area (Å²) in [5.41, 5.74) is 0.767. The topological polar surface area (TPSA) is 166 Å². The number of ether oxygens (including phenoxy) is 4. The van der Waals surface area contributed by atoms with Crippen LogP contribution in [0.3, 0.4) is 0 Å². The van der Waals surface area contributed by atoms with Gasteiger partial charge in [0, 0.05) is 6.92 Å². The lowest BCUT2D eigenvalue weighted by molar-refractivity contribution is -0.146. The predicted octanol–water partition coefficient (Wildman–Crippen LogP) is 0.962. The summed E-state index contributed by atoms with van der Waals surface area (Å²) in [5.74, 6) is -2.83. The van der Waals surface area contributed by atoms with Gasteiger partial charge < -0.3 is 18.9 Å². The van der Waals surface area contributed by atoms with E-state index in [9.17, 15) is 33.6 Å². The lowest BCUT2D eigenvalue weighted by Gasteiger charge is -2.24. The molecule has 0 saturated carbocycles. The first-order valence-electron chi connectivity index (χ1n) is 11.8. The van der Waals surface area contributed by atoms with Gasteiger partial charge >= 0.3 is 24.2 Å². The number of hydrogen-bond acceptors (Lipinski definition) is 11. The van der Waals surface area contributed by atoms with Gasteiger partial charge in [0.1, 0.15) is 26.4 Å². The predicted molar refractivity (Wildman–Crippen MR) is 122 cm³/mol. The van der Waals surface area contributed by atoms with Crippen molar-refractivity contribution in [3.8, 4) is 0 Å². The summed E-state index contributed by atoms with van der Waals surface area (Å²) in [6, 6.07) is 6.06. The molecular formula is C24H25N3O11. The molecule has 0 aromatic heterocycles. The van der Waals surface area contributed by atoms with E-state index in [0.717, 1.165) is 27.2 Å². The largest absolute Gasteiger partial charge is 0.461 e. The monoisotopic (exact) mass is 531 g/mol. The van der Waals surface area contributed by atoms with Crippen LogP contribution in [-0.2, 0) is 44.7 Å². The van der Waals surface area contributed by atoms with Crippen molar-refractivity contribution < 1.29 is 52.5 Å². The maximum atomic E-state index is 13.0. The molecule has 3 heterocycles. The van der Waals surface area contributed by atoms with Crippen LogP contribution >= 0.6 is 0 Å². The molecule has 0 bridgehead atoms. The fraction of sp³-hybridized carbons (Fsp3) is 0.458. The van der Waals surface area contributed by atoms with Gasteiger partial charge in [0.05, 0.1) is 37.4 Å². The third-order valence-corrected chi connectivity index (χ3v) is 6.23. The number of esters is 1. The molecular weight excluding hydrogens is 506 g/mol. The molecule has 3 aliphatic rings. The van der Waals surface area contributed by atoms with E-state index in [-0.39, 0.29) is 32.8 Å². The van der Waals surface area contributed by atoms with Crippen molar-refractivity contribution in [2.45, 2.75) is 50.9 Å². The Bertz CT molecular complexity index is 1150. The van der Waals surface area contributed by atoms with Gasteiger partial charge in [-0.2, -0.15) is 0 Å². The van der Waals surface area contributed by atoms with E-state index < -0.39 is 72.9 Å². The molecule has 0 spiro atoms.